The smallest absolute Gasteiger partial charge is 0.374 e. The van der Waals surface area contributed by atoms with Gasteiger partial charge in [-0.15, -0.1) is 0 Å². The lowest BCUT2D eigenvalue weighted by molar-refractivity contribution is 0.0707. The largest absolute Gasteiger partial charge is 0.501 e. The molecule has 0 heterocycles. The molecule has 1 rings (SSSR count). The second-order valence-corrected chi connectivity index (χ2v) is 13.4. The number of hydrogen-bond donors (Lipinski definition) is 0. The maximum absolute atomic E-state index is 12.8. The van der Waals surface area contributed by atoms with Crippen molar-refractivity contribution in [1.82, 2.24) is 0 Å². The van der Waals surface area contributed by atoms with E-state index in [9.17, 15) is 4.79 Å². The van der Waals surface area contributed by atoms with Gasteiger partial charge in [-0.05, 0) is 79.4 Å². The highest BCUT2D eigenvalue weighted by Crippen LogP contribution is 2.27. The van der Waals surface area contributed by atoms with Gasteiger partial charge >= 0.3 is 17.6 Å². The van der Waals surface area contributed by atoms with Crippen molar-refractivity contribution < 1.29 is 31.4 Å². The van der Waals surface area contributed by atoms with Crippen molar-refractivity contribution in [3.8, 4) is 0 Å². The SMILES string of the molecule is CCO[Si](CCc1cc(C)cc(CC[Si](OCC)(OCC)OCC)c1C(C)=O)(OCC)OCC. The highest BCUT2D eigenvalue weighted by atomic mass is 28.4. The quantitative estimate of drug-likeness (QED) is 0.181. The summed E-state index contributed by atoms with van der Waals surface area (Å²) >= 11 is 0. The third-order valence-electron chi connectivity index (χ3n) is 5.38. The molecule has 0 radical (unpaired) electrons. The van der Waals surface area contributed by atoms with Gasteiger partial charge in [0, 0.05) is 57.3 Å². The molecule has 196 valence electrons. The van der Waals surface area contributed by atoms with Gasteiger partial charge in [-0.25, -0.2) is 0 Å². The van der Waals surface area contributed by atoms with Crippen molar-refractivity contribution in [3.63, 3.8) is 0 Å². The zero-order valence-corrected chi connectivity index (χ0v) is 24.6. The Hall–Kier alpha value is -0.916. The zero-order valence-electron chi connectivity index (χ0n) is 22.6. The third kappa shape index (κ3) is 9.27. The van der Waals surface area contributed by atoms with Crippen LogP contribution in [-0.4, -0.2) is 63.0 Å². The van der Waals surface area contributed by atoms with Crippen LogP contribution in [0.3, 0.4) is 0 Å². The van der Waals surface area contributed by atoms with Gasteiger partial charge in [-0.1, -0.05) is 17.7 Å². The maximum atomic E-state index is 12.8. The number of Topliss-reactive ketones (excluding diaryl/α,β-unsaturated/α-hetero) is 1. The van der Waals surface area contributed by atoms with Crippen LogP contribution < -0.4 is 0 Å². The minimum absolute atomic E-state index is 0.0537. The number of rotatable bonds is 19. The van der Waals surface area contributed by atoms with Gasteiger partial charge < -0.3 is 26.6 Å². The van der Waals surface area contributed by atoms with Gasteiger partial charge in [0.25, 0.3) is 0 Å². The van der Waals surface area contributed by atoms with Crippen LogP contribution in [0, 0.1) is 6.92 Å². The van der Waals surface area contributed by atoms with Crippen LogP contribution >= 0.6 is 0 Å². The molecule has 0 saturated carbocycles. The second-order valence-electron chi connectivity index (χ2n) is 7.98. The van der Waals surface area contributed by atoms with Crippen molar-refractivity contribution in [3.05, 3.63) is 34.4 Å². The Morgan fingerprint density at radius 3 is 1.18 bits per heavy atom. The molecule has 0 aliphatic carbocycles. The lowest BCUT2D eigenvalue weighted by Gasteiger charge is -2.29. The second kappa shape index (κ2) is 16.0. The minimum Gasteiger partial charge on any atom is -0.374 e. The lowest BCUT2D eigenvalue weighted by atomic mass is 9.92. The number of carbonyl (C=O) groups is 1. The molecule has 34 heavy (non-hydrogen) atoms. The number of carbonyl (C=O) groups excluding carboxylic acids is 1. The molecule has 0 aromatic heterocycles. The van der Waals surface area contributed by atoms with E-state index in [4.69, 9.17) is 26.6 Å². The molecule has 0 N–H and O–H groups in total. The summed E-state index contributed by atoms with van der Waals surface area (Å²) in [5.41, 5.74) is 3.90. The van der Waals surface area contributed by atoms with Crippen LogP contribution in [0.25, 0.3) is 0 Å². The summed E-state index contributed by atoms with van der Waals surface area (Å²) in [5.74, 6) is 0.0537. The molecule has 1 aromatic carbocycles. The fourth-order valence-corrected chi connectivity index (χ4v) is 9.52. The summed E-state index contributed by atoms with van der Waals surface area (Å²) in [7, 11) is -5.63. The molecule has 0 spiro atoms. The highest BCUT2D eigenvalue weighted by molar-refractivity contribution is 6.61. The Kier molecular flexibility index (Phi) is 14.6. The topological polar surface area (TPSA) is 72.5 Å². The van der Waals surface area contributed by atoms with Crippen molar-refractivity contribution in [2.45, 2.75) is 80.3 Å². The first-order chi connectivity index (χ1) is 16.3. The van der Waals surface area contributed by atoms with E-state index in [1.54, 1.807) is 6.92 Å². The van der Waals surface area contributed by atoms with Crippen LogP contribution in [-0.2, 0) is 39.4 Å². The Balaban J connectivity index is 3.29. The predicted molar refractivity (Wildman–Crippen MR) is 139 cm³/mol. The summed E-state index contributed by atoms with van der Waals surface area (Å²) in [5, 5.41) is 0. The first-order valence-electron chi connectivity index (χ1n) is 12.7. The predicted octanol–water partition coefficient (Wildman–Crippen LogP) is 5.38. The molecule has 0 fully saturated rings. The van der Waals surface area contributed by atoms with E-state index in [1.807, 2.05) is 41.5 Å². The molecule has 0 atom stereocenters. The molecule has 1 aromatic rings. The fraction of sp³-hybridized carbons (Fsp3) is 0.720. The Morgan fingerprint density at radius 2 is 0.941 bits per heavy atom. The molecule has 7 nitrogen and oxygen atoms in total. The Morgan fingerprint density at radius 1 is 0.647 bits per heavy atom. The van der Waals surface area contributed by atoms with E-state index in [1.165, 1.54) is 0 Å². The molecular weight excluding hydrogens is 468 g/mol. The van der Waals surface area contributed by atoms with E-state index in [2.05, 4.69) is 19.1 Å². The van der Waals surface area contributed by atoms with E-state index >= 15 is 0 Å². The number of ketones is 1. The third-order valence-corrected chi connectivity index (χ3v) is 11.5. The van der Waals surface area contributed by atoms with E-state index in [-0.39, 0.29) is 5.78 Å². The zero-order chi connectivity index (χ0) is 25.6. The molecule has 9 heteroatoms. The summed E-state index contributed by atoms with van der Waals surface area (Å²) < 4.78 is 36.2. The Bertz CT molecular complexity index is 657. The van der Waals surface area contributed by atoms with Crippen molar-refractivity contribution in [1.29, 1.82) is 0 Å². The van der Waals surface area contributed by atoms with E-state index in [0.29, 0.717) is 64.6 Å². The average molecular weight is 515 g/mol. The van der Waals surface area contributed by atoms with Gasteiger partial charge in [-0.2, -0.15) is 0 Å². The van der Waals surface area contributed by atoms with Gasteiger partial charge in [-0.3, -0.25) is 4.79 Å². The van der Waals surface area contributed by atoms with Crippen molar-refractivity contribution in [2.24, 2.45) is 0 Å². The summed E-state index contributed by atoms with van der Waals surface area (Å²) in [6.45, 7) is 18.6. The normalized spacial score (nSPS) is 12.4. The lowest BCUT2D eigenvalue weighted by Crippen LogP contribution is -2.46. The molecule has 0 aliphatic heterocycles. The van der Waals surface area contributed by atoms with Crippen LogP contribution in [0.2, 0.25) is 12.1 Å². The van der Waals surface area contributed by atoms with E-state index in [0.717, 1.165) is 22.3 Å². The number of benzene rings is 1. The molecule has 0 bridgehead atoms. The van der Waals surface area contributed by atoms with Crippen LogP contribution in [0.15, 0.2) is 12.1 Å². The van der Waals surface area contributed by atoms with Crippen LogP contribution in [0.1, 0.15) is 75.5 Å². The van der Waals surface area contributed by atoms with Crippen molar-refractivity contribution >= 4 is 23.4 Å². The van der Waals surface area contributed by atoms with Gasteiger partial charge in [0.1, 0.15) is 0 Å². The fourth-order valence-electron chi connectivity index (χ4n) is 4.37. The molecule has 0 unspecified atom stereocenters. The van der Waals surface area contributed by atoms with Crippen molar-refractivity contribution in [2.75, 3.05) is 39.6 Å². The minimum atomic E-state index is -2.82. The van der Waals surface area contributed by atoms with Crippen LogP contribution in [0.4, 0.5) is 0 Å². The molecule has 0 saturated heterocycles. The van der Waals surface area contributed by atoms with Gasteiger partial charge in [0.2, 0.25) is 0 Å². The standard InChI is InChI=1S/C25H46O7Si2/c1-9-27-33(28-10-2,29-11-3)17-15-23-19-21(7)20-24(25(23)22(8)26)16-18-34(30-12-4,31-13-5)32-14-6/h19-20H,9-18H2,1-8H3. The molecular formula is C25H46O7Si2. The maximum Gasteiger partial charge on any atom is 0.501 e. The summed E-state index contributed by atoms with van der Waals surface area (Å²) in [4.78, 5) is 12.8. The Labute approximate surface area is 209 Å². The average Bonchev–Trinajstić information content (AvgIpc) is 2.77. The first-order valence-corrected chi connectivity index (χ1v) is 16.6. The molecule has 0 amide bonds. The first kappa shape index (κ1) is 31.1. The summed E-state index contributed by atoms with van der Waals surface area (Å²) in [6, 6.07) is 5.45. The van der Waals surface area contributed by atoms with E-state index < -0.39 is 17.6 Å². The number of hydrogen-bond acceptors (Lipinski definition) is 7. The monoisotopic (exact) mass is 514 g/mol. The molecule has 0 aliphatic rings. The number of aryl methyl sites for hydroxylation is 3. The van der Waals surface area contributed by atoms with Gasteiger partial charge in [0.15, 0.2) is 5.78 Å². The van der Waals surface area contributed by atoms with Gasteiger partial charge in [0.05, 0.1) is 0 Å². The van der Waals surface area contributed by atoms with Crippen LogP contribution in [0.5, 0.6) is 0 Å². The summed E-state index contributed by atoms with van der Waals surface area (Å²) in [6.07, 6.45) is 1.31. The highest BCUT2D eigenvalue weighted by Gasteiger charge is 2.41.